The summed E-state index contributed by atoms with van der Waals surface area (Å²) in [7, 11) is 0. The van der Waals surface area contributed by atoms with Crippen molar-refractivity contribution >= 4 is 17.3 Å². The summed E-state index contributed by atoms with van der Waals surface area (Å²) in [6.45, 7) is 3.37. The van der Waals surface area contributed by atoms with E-state index >= 15 is 0 Å². The molecule has 0 fully saturated rings. The van der Waals surface area contributed by atoms with Gasteiger partial charge in [0, 0.05) is 29.4 Å². The molecule has 0 spiro atoms. The van der Waals surface area contributed by atoms with Crippen molar-refractivity contribution in [1.29, 1.82) is 5.26 Å². The molecule has 0 heterocycles. The van der Waals surface area contributed by atoms with Gasteiger partial charge in [-0.05, 0) is 19.1 Å². The first-order valence-corrected chi connectivity index (χ1v) is 5.62. The monoisotopic (exact) mass is 238 g/mol. The Hall–Kier alpha value is -1.24. The zero-order valence-corrected chi connectivity index (χ0v) is 10.0. The fraction of sp³-hybridized carbons (Fsp3) is 0.417. The average molecular weight is 239 g/mol. The lowest BCUT2D eigenvalue weighted by molar-refractivity contribution is 0.282. The molecule has 1 rings (SSSR count). The first-order valence-electron chi connectivity index (χ1n) is 5.24. The Kier molecular flexibility index (Phi) is 5.10. The number of benzene rings is 1. The van der Waals surface area contributed by atoms with Crippen LogP contribution in [0.5, 0.6) is 0 Å². The van der Waals surface area contributed by atoms with Gasteiger partial charge in [0.1, 0.15) is 0 Å². The Balaban J connectivity index is 3.00. The molecule has 1 aromatic rings. The Morgan fingerprint density at radius 1 is 1.50 bits per heavy atom. The van der Waals surface area contributed by atoms with Crippen molar-refractivity contribution in [2.45, 2.75) is 20.0 Å². The largest absolute Gasteiger partial charge is 0.392 e. The summed E-state index contributed by atoms with van der Waals surface area (Å²) < 4.78 is 0. The molecule has 0 saturated carbocycles. The molecule has 0 aliphatic heterocycles. The molecule has 1 aromatic carbocycles. The highest BCUT2D eigenvalue weighted by atomic mass is 35.5. The Morgan fingerprint density at radius 2 is 2.25 bits per heavy atom. The lowest BCUT2D eigenvalue weighted by atomic mass is 10.1. The summed E-state index contributed by atoms with van der Waals surface area (Å²) in [5.74, 6) is 0. The van der Waals surface area contributed by atoms with E-state index in [9.17, 15) is 5.11 Å². The van der Waals surface area contributed by atoms with Gasteiger partial charge in [0.2, 0.25) is 0 Å². The highest BCUT2D eigenvalue weighted by Gasteiger charge is 2.11. The molecule has 0 saturated heterocycles. The van der Waals surface area contributed by atoms with Crippen LogP contribution in [0.1, 0.15) is 18.9 Å². The second-order valence-electron chi connectivity index (χ2n) is 3.38. The van der Waals surface area contributed by atoms with Crippen LogP contribution in [-0.2, 0) is 6.61 Å². The van der Waals surface area contributed by atoms with E-state index in [0.29, 0.717) is 18.0 Å². The molecular formula is C12H15ClN2O. The van der Waals surface area contributed by atoms with Gasteiger partial charge in [-0.15, -0.1) is 0 Å². The fourth-order valence-electron chi connectivity index (χ4n) is 1.63. The van der Waals surface area contributed by atoms with E-state index in [-0.39, 0.29) is 6.61 Å². The van der Waals surface area contributed by atoms with Crippen LogP contribution in [-0.4, -0.2) is 18.2 Å². The maximum Gasteiger partial charge on any atom is 0.0716 e. The first-order chi connectivity index (χ1) is 7.74. The molecule has 0 radical (unpaired) electrons. The second kappa shape index (κ2) is 6.37. The van der Waals surface area contributed by atoms with Gasteiger partial charge in [-0.2, -0.15) is 5.26 Å². The molecule has 0 aromatic heterocycles. The number of aliphatic hydroxyl groups is 1. The minimum atomic E-state index is -0.0853. The number of hydrogen-bond acceptors (Lipinski definition) is 3. The highest BCUT2D eigenvalue weighted by molar-refractivity contribution is 6.31. The quantitative estimate of drug-likeness (QED) is 0.858. The zero-order valence-electron chi connectivity index (χ0n) is 9.28. The molecule has 1 N–H and O–H groups in total. The summed E-state index contributed by atoms with van der Waals surface area (Å²) in [6.07, 6.45) is 0.464. The summed E-state index contributed by atoms with van der Waals surface area (Å²) in [5, 5.41) is 18.4. The minimum absolute atomic E-state index is 0.0853. The summed E-state index contributed by atoms with van der Waals surface area (Å²) in [5.41, 5.74) is 1.64. The number of anilines is 1. The van der Waals surface area contributed by atoms with E-state index in [1.165, 1.54) is 0 Å². The van der Waals surface area contributed by atoms with Gasteiger partial charge in [0.15, 0.2) is 0 Å². The van der Waals surface area contributed by atoms with Gasteiger partial charge in [-0.1, -0.05) is 17.7 Å². The standard InChI is InChI=1S/C12H15ClN2O/c1-2-15(8-4-7-14)12-6-3-5-11(13)10(12)9-16/h3,5-6,16H,2,4,8-9H2,1H3. The molecule has 0 bridgehead atoms. The molecule has 0 atom stereocenters. The summed E-state index contributed by atoms with van der Waals surface area (Å²) in [4.78, 5) is 2.04. The lowest BCUT2D eigenvalue weighted by Gasteiger charge is -2.24. The van der Waals surface area contributed by atoms with Crippen LogP contribution in [0.4, 0.5) is 5.69 Å². The van der Waals surface area contributed by atoms with Crippen molar-refractivity contribution in [3.63, 3.8) is 0 Å². The SMILES string of the molecule is CCN(CCC#N)c1cccc(Cl)c1CO. The number of nitrogens with zero attached hydrogens (tertiary/aromatic N) is 2. The summed E-state index contributed by atoms with van der Waals surface area (Å²) in [6, 6.07) is 7.64. The van der Waals surface area contributed by atoms with Crippen LogP contribution in [0.2, 0.25) is 5.02 Å². The predicted molar refractivity (Wildman–Crippen MR) is 65.5 cm³/mol. The third kappa shape index (κ3) is 2.88. The molecule has 4 heteroatoms. The molecule has 3 nitrogen and oxygen atoms in total. The Morgan fingerprint density at radius 3 is 2.81 bits per heavy atom. The third-order valence-corrected chi connectivity index (χ3v) is 2.82. The zero-order chi connectivity index (χ0) is 12.0. The van der Waals surface area contributed by atoms with Crippen molar-refractivity contribution in [2.24, 2.45) is 0 Å². The number of rotatable bonds is 5. The van der Waals surface area contributed by atoms with Crippen molar-refractivity contribution in [1.82, 2.24) is 0 Å². The van der Waals surface area contributed by atoms with Crippen LogP contribution in [0.15, 0.2) is 18.2 Å². The molecule has 16 heavy (non-hydrogen) atoms. The molecular weight excluding hydrogens is 224 g/mol. The molecule has 0 unspecified atom stereocenters. The van der Waals surface area contributed by atoms with E-state index in [1.807, 2.05) is 24.0 Å². The maximum atomic E-state index is 9.29. The number of nitriles is 1. The van der Waals surface area contributed by atoms with Gasteiger partial charge < -0.3 is 10.0 Å². The van der Waals surface area contributed by atoms with Crippen LogP contribution in [0.25, 0.3) is 0 Å². The molecule has 0 aliphatic carbocycles. The van der Waals surface area contributed by atoms with Crippen molar-refractivity contribution in [2.75, 3.05) is 18.0 Å². The number of hydrogen-bond donors (Lipinski definition) is 1. The topological polar surface area (TPSA) is 47.3 Å². The molecule has 86 valence electrons. The van der Waals surface area contributed by atoms with Gasteiger partial charge in [-0.3, -0.25) is 0 Å². The van der Waals surface area contributed by atoms with Crippen LogP contribution in [0.3, 0.4) is 0 Å². The van der Waals surface area contributed by atoms with Crippen molar-refractivity contribution in [3.8, 4) is 6.07 Å². The smallest absolute Gasteiger partial charge is 0.0716 e. The van der Waals surface area contributed by atoms with Gasteiger partial charge in [-0.25, -0.2) is 0 Å². The maximum absolute atomic E-state index is 9.29. The Labute approximate surface area is 101 Å². The Bertz CT molecular complexity index is 387. The van der Waals surface area contributed by atoms with Crippen LogP contribution >= 0.6 is 11.6 Å². The van der Waals surface area contributed by atoms with Crippen LogP contribution in [0, 0.1) is 11.3 Å². The normalized spacial score (nSPS) is 9.88. The first kappa shape index (κ1) is 12.8. The predicted octanol–water partition coefficient (Wildman–Crippen LogP) is 2.57. The van der Waals surface area contributed by atoms with E-state index in [1.54, 1.807) is 6.07 Å². The van der Waals surface area contributed by atoms with Crippen molar-refractivity contribution < 1.29 is 5.11 Å². The number of aliphatic hydroxyl groups excluding tert-OH is 1. The van der Waals surface area contributed by atoms with E-state index < -0.39 is 0 Å². The van der Waals surface area contributed by atoms with Gasteiger partial charge in [0.05, 0.1) is 19.1 Å². The second-order valence-corrected chi connectivity index (χ2v) is 3.79. The number of halogens is 1. The minimum Gasteiger partial charge on any atom is -0.392 e. The molecule has 0 amide bonds. The van der Waals surface area contributed by atoms with Gasteiger partial charge >= 0.3 is 0 Å². The third-order valence-electron chi connectivity index (χ3n) is 2.47. The van der Waals surface area contributed by atoms with E-state index in [4.69, 9.17) is 16.9 Å². The van der Waals surface area contributed by atoms with Gasteiger partial charge in [0.25, 0.3) is 0 Å². The molecule has 0 aliphatic rings. The van der Waals surface area contributed by atoms with E-state index in [0.717, 1.165) is 17.8 Å². The van der Waals surface area contributed by atoms with Crippen molar-refractivity contribution in [3.05, 3.63) is 28.8 Å². The van der Waals surface area contributed by atoms with E-state index in [2.05, 4.69) is 6.07 Å². The fourth-order valence-corrected chi connectivity index (χ4v) is 1.86. The average Bonchev–Trinajstić information content (AvgIpc) is 2.30. The lowest BCUT2D eigenvalue weighted by Crippen LogP contribution is -2.24. The summed E-state index contributed by atoms with van der Waals surface area (Å²) >= 11 is 6.01. The van der Waals surface area contributed by atoms with Crippen LogP contribution < -0.4 is 4.90 Å². The highest BCUT2D eigenvalue weighted by Crippen LogP contribution is 2.27.